The number of methoxy groups -OCH3 is 1. The number of nitrogens with one attached hydrogen (secondary N) is 1. The summed E-state index contributed by atoms with van der Waals surface area (Å²) in [6.45, 7) is 0. The molecule has 0 aliphatic rings. The molecule has 0 unspecified atom stereocenters. The highest BCUT2D eigenvalue weighted by molar-refractivity contribution is 9.10. The molecule has 0 atom stereocenters. The van der Waals surface area contributed by atoms with Crippen LogP contribution >= 0.6 is 27.5 Å². The van der Waals surface area contributed by atoms with Gasteiger partial charge in [-0.05, 0) is 51.8 Å². The van der Waals surface area contributed by atoms with Crippen LogP contribution in [0.2, 0.25) is 5.02 Å². The molecule has 0 saturated heterocycles. The van der Waals surface area contributed by atoms with Gasteiger partial charge in [0.15, 0.2) is 0 Å². The first kappa shape index (κ1) is 17.8. The molecule has 2 rings (SSSR count). The second-order valence-corrected chi connectivity index (χ2v) is 7.60. The van der Waals surface area contributed by atoms with Crippen LogP contribution in [0.5, 0.6) is 5.75 Å². The molecule has 0 fully saturated rings. The van der Waals surface area contributed by atoms with E-state index in [0.29, 0.717) is 20.8 Å². The molecular weight excluding hydrogens is 406 g/mol. The average molecular weight is 419 g/mol. The number of benzene rings is 2. The number of rotatable bonds is 5. The summed E-state index contributed by atoms with van der Waals surface area (Å²) in [5.74, 6) is -0.129. The van der Waals surface area contributed by atoms with E-state index in [2.05, 4.69) is 15.9 Å². The lowest BCUT2D eigenvalue weighted by Gasteiger charge is -2.09. The maximum absolute atomic E-state index is 12.2. The zero-order chi connectivity index (χ0) is 17.0. The molecule has 23 heavy (non-hydrogen) atoms. The van der Waals surface area contributed by atoms with Gasteiger partial charge in [-0.3, -0.25) is 4.79 Å². The van der Waals surface area contributed by atoms with E-state index in [1.165, 1.54) is 25.3 Å². The van der Waals surface area contributed by atoms with Crippen LogP contribution in [0.4, 0.5) is 0 Å². The number of amides is 1. The Morgan fingerprint density at radius 1 is 1.22 bits per heavy atom. The SMILES string of the molecule is COc1ccc(S(=O)(=O)NC(=O)Cc2ccc(Cl)cc2)cc1Br. The van der Waals surface area contributed by atoms with Crippen molar-refractivity contribution in [2.24, 2.45) is 0 Å². The molecule has 0 radical (unpaired) electrons. The Bertz CT molecular complexity index is 822. The Morgan fingerprint density at radius 2 is 1.87 bits per heavy atom. The van der Waals surface area contributed by atoms with E-state index < -0.39 is 15.9 Å². The van der Waals surface area contributed by atoms with Gasteiger partial charge in [-0.1, -0.05) is 23.7 Å². The second kappa shape index (κ2) is 7.33. The van der Waals surface area contributed by atoms with Gasteiger partial charge < -0.3 is 4.74 Å². The summed E-state index contributed by atoms with van der Waals surface area (Å²) in [4.78, 5) is 11.9. The molecule has 1 N–H and O–H groups in total. The summed E-state index contributed by atoms with van der Waals surface area (Å²) in [5, 5.41) is 0.546. The molecule has 0 spiro atoms. The molecule has 122 valence electrons. The molecule has 0 heterocycles. The Kier molecular flexibility index (Phi) is 5.67. The van der Waals surface area contributed by atoms with Crippen LogP contribution in [0, 0.1) is 0 Å². The molecule has 0 saturated carbocycles. The number of carbonyl (C=O) groups excluding carboxylic acids is 1. The maximum Gasteiger partial charge on any atom is 0.264 e. The second-order valence-electron chi connectivity index (χ2n) is 4.63. The summed E-state index contributed by atoms with van der Waals surface area (Å²) >= 11 is 8.98. The zero-order valence-electron chi connectivity index (χ0n) is 12.0. The highest BCUT2D eigenvalue weighted by Gasteiger charge is 2.19. The molecule has 5 nitrogen and oxygen atoms in total. The normalized spacial score (nSPS) is 11.1. The van der Waals surface area contributed by atoms with Crippen molar-refractivity contribution in [1.82, 2.24) is 4.72 Å². The van der Waals surface area contributed by atoms with Crippen LogP contribution in [0.15, 0.2) is 51.8 Å². The third-order valence-corrected chi connectivity index (χ3v) is 5.20. The predicted molar refractivity (Wildman–Crippen MR) is 91.2 cm³/mol. The molecule has 8 heteroatoms. The summed E-state index contributed by atoms with van der Waals surface area (Å²) < 4.78 is 32.0. The van der Waals surface area contributed by atoms with E-state index in [9.17, 15) is 13.2 Å². The first-order valence-corrected chi connectivity index (χ1v) is 9.11. The van der Waals surface area contributed by atoms with Gasteiger partial charge >= 0.3 is 0 Å². The van der Waals surface area contributed by atoms with Crippen molar-refractivity contribution in [3.8, 4) is 5.75 Å². The first-order chi connectivity index (χ1) is 10.8. The van der Waals surface area contributed by atoms with Gasteiger partial charge in [0.05, 0.1) is 22.9 Å². The van der Waals surface area contributed by atoms with E-state index >= 15 is 0 Å². The van der Waals surface area contributed by atoms with Gasteiger partial charge in [0, 0.05) is 5.02 Å². The lowest BCUT2D eigenvalue weighted by Crippen LogP contribution is -2.31. The van der Waals surface area contributed by atoms with Gasteiger partial charge in [0.1, 0.15) is 5.75 Å². The van der Waals surface area contributed by atoms with Crippen LogP contribution in [0.1, 0.15) is 5.56 Å². The van der Waals surface area contributed by atoms with Gasteiger partial charge in [-0.15, -0.1) is 0 Å². The molecule has 2 aromatic carbocycles. The smallest absolute Gasteiger partial charge is 0.264 e. The van der Waals surface area contributed by atoms with Crippen molar-refractivity contribution >= 4 is 43.5 Å². The lowest BCUT2D eigenvalue weighted by atomic mass is 10.1. The van der Waals surface area contributed by atoms with E-state index in [4.69, 9.17) is 16.3 Å². The van der Waals surface area contributed by atoms with E-state index in [0.717, 1.165) is 0 Å². The van der Waals surface area contributed by atoms with Gasteiger partial charge in [-0.2, -0.15) is 0 Å². The molecular formula is C15H13BrClNO4S. The van der Waals surface area contributed by atoms with E-state index in [1.54, 1.807) is 24.3 Å². The van der Waals surface area contributed by atoms with E-state index in [1.807, 2.05) is 4.72 Å². The van der Waals surface area contributed by atoms with Crippen LogP contribution in [-0.4, -0.2) is 21.4 Å². The first-order valence-electron chi connectivity index (χ1n) is 6.45. The Hall–Kier alpha value is -1.57. The van der Waals surface area contributed by atoms with Crippen molar-refractivity contribution < 1.29 is 17.9 Å². The van der Waals surface area contributed by atoms with Gasteiger partial charge in [-0.25, -0.2) is 13.1 Å². The monoisotopic (exact) mass is 417 g/mol. The van der Waals surface area contributed by atoms with E-state index in [-0.39, 0.29) is 11.3 Å². The van der Waals surface area contributed by atoms with Crippen molar-refractivity contribution in [3.05, 3.63) is 57.5 Å². The third kappa shape index (κ3) is 4.70. The zero-order valence-corrected chi connectivity index (χ0v) is 15.2. The minimum absolute atomic E-state index is 0.0327. The van der Waals surface area contributed by atoms with Crippen LogP contribution in [0.25, 0.3) is 0 Å². The van der Waals surface area contributed by atoms with Crippen molar-refractivity contribution in [2.75, 3.05) is 7.11 Å². The maximum atomic E-state index is 12.2. The highest BCUT2D eigenvalue weighted by atomic mass is 79.9. The van der Waals surface area contributed by atoms with Crippen LogP contribution < -0.4 is 9.46 Å². The van der Waals surface area contributed by atoms with Crippen molar-refractivity contribution in [3.63, 3.8) is 0 Å². The topological polar surface area (TPSA) is 72.5 Å². The third-order valence-electron chi connectivity index (χ3n) is 2.96. The number of ether oxygens (including phenoxy) is 1. The average Bonchev–Trinajstić information content (AvgIpc) is 2.49. The molecule has 0 aliphatic heterocycles. The van der Waals surface area contributed by atoms with Crippen molar-refractivity contribution in [2.45, 2.75) is 11.3 Å². The van der Waals surface area contributed by atoms with Crippen molar-refractivity contribution in [1.29, 1.82) is 0 Å². The molecule has 1 amide bonds. The fourth-order valence-corrected chi connectivity index (χ4v) is 3.67. The number of hydrogen-bond donors (Lipinski definition) is 1. The summed E-state index contributed by atoms with van der Waals surface area (Å²) in [6.07, 6.45) is -0.0618. The summed E-state index contributed by atoms with van der Waals surface area (Å²) in [6, 6.07) is 10.8. The van der Waals surface area contributed by atoms with Gasteiger partial charge in [0.25, 0.3) is 10.0 Å². The van der Waals surface area contributed by atoms with Crippen LogP contribution in [-0.2, 0) is 21.2 Å². The standard InChI is InChI=1S/C15H13BrClNO4S/c1-22-14-7-6-12(9-13(14)16)23(20,21)18-15(19)8-10-2-4-11(17)5-3-10/h2-7,9H,8H2,1H3,(H,18,19). The quantitative estimate of drug-likeness (QED) is 0.809. The Labute approximate surface area is 147 Å². The molecule has 2 aromatic rings. The summed E-state index contributed by atoms with van der Waals surface area (Å²) in [5.41, 5.74) is 0.665. The fourth-order valence-electron chi connectivity index (χ4n) is 1.85. The Morgan fingerprint density at radius 3 is 2.43 bits per heavy atom. The summed E-state index contributed by atoms with van der Waals surface area (Å²) in [7, 11) is -2.47. The van der Waals surface area contributed by atoms with Crippen LogP contribution in [0.3, 0.4) is 0 Å². The number of sulfonamides is 1. The number of halogens is 2. The van der Waals surface area contributed by atoms with Gasteiger partial charge in [0.2, 0.25) is 5.91 Å². The lowest BCUT2D eigenvalue weighted by molar-refractivity contribution is -0.118. The molecule has 0 aromatic heterocycles. The number of hydrogen-bond acceptors (Lipinski definition) is 4. The minimum atomic E-state index is -3.95. The fraction of sp³-hybridized carbons (Fsp3) is 0.133. The number of carbonyl (C=O) groups is 1. The Balaban J connectivity index is 2.12. The molecule has 0 aliphatic carbocycles. The molecule has 0 bridgehead atoms. The predicted octanol–water partition coefficient (Wildman–Crippen LogP) is 3.16. The highest BCUT2D eigenvalue weighted by Crippen LogP contribution is 2.27. The largest absolute Gasteiger partial charge is 0.496 e. The minimum Gasteiger partial charge on any atom is -0.496 e.